The second kappa shape index (κ2) is 5.10. The van der Waals surface area contributed by atoms with Crippen molar-refractivity contribution >= 4 is 10.0 Å². The number of rotatable bonds is 4. The Morgan fingerprint density at radius 2 is 2.00 bits per heavy atom. The second-order valence-corrected chi connectivity index (χ2v) is 5.77. The van der Waals surface area contributed by atoms with Crippen LogP contribution in [0.2, 0.25) is 0 Å². The lowest BCUT2D eigenvalue weighted by atomic mass is 10.2. The average Bonchev–Trinajstić information content (AvgIpc) is 2.69. The Bertz CT molecular complexity index is 675. The third-order valence-electron chi connectivity index (χ3n) is 2.65. The molecule has 0 saturated heterocycles. The van der Waals surface area contributed by atoms with Gasteiger partial charge in [0, 0.05) is 12.1 Å². The summed E-state index contributed by atoms with van der Waals surface area (Å²) in [7, 11) is -3.77. The second-order valence-electron chi connectivity index (χ2n) is 4.07. The van der Waals surface area contributed by atoms with Crippen LogP contribution < -0.4 is 4.72 Å². The first-order chi connectivity index (χ1) is 8.92. The molecule has 5 nitrogen and oxygen atoms in total. The zero-order chi connectivity index (χ0) is 14.0. The Labute approximate surface area is 110 Å². The number of hydrogen-bond acceptors (Lipinski definition) is 4. The van der Waals surface area contributed by atoms with Crippen LogP contribution in [0.15, 0.2) is 33.7 Å². The summed E-state index contributed by atoms with van der Waals surface area (Å²) in [6.07, 6.45) is 0. The Morgan fingerprint density at radius 3 is 2.58 bits per heavy atom. The van der Waals surface area contributed by atoms with Crippen LogP contribution in [-0.4, -0.2) is 13.6 Å². The lowest BCUT2D eigenvalue weighted by Gasteiger charge is -2.06. The van der Waals surface area contributed by atoms with E-state index in [0.717, 1.165) is 0 Å². The fourth-order valence-corrected chi connectivity index (χ4v) is 3.08. The molecule has 0 aliphatic rings. The molecule has 0 fully saturated rings. The lowest BCUT2D eigenvalue weighted by molar-refractivity contribution is 0.390. The van der Waals surface area contributed by atoms with E-state index in [-0.39, 0.29) is 28.5 Å². The highest BCUT2D eigenvalue weighted by Gasteiger charge is 2.23. The molecule has 0 aliphatic heterocycles. The molecule has 1 N–H and O–H groups in total. The predicted molar refractivity (Wildman–Crippen MR) is 66.4 cm³/mol. The molecule has 1 heterocycles. The van der Waals surface area contributed by atoms with Crippen molar-refractivity contribution in [2.75, 3.05) is 0 Å². The number of benzene rings is 1. The molecule has 7 heteroatoms. The van der Waals surface area contributed by atoms with Gasteiger partial charge in [-0.15, -0.1) is 0 Å². The maximum absolute atomic E-state index is 13.4. The van der Waals surface area contributed by atoms with E-state index in [1.54, 1.807) is 12.1 Å². The molecule has 0 atom stereocenters. The van der Waals surface area contributed by atoms with Crippen molar-refractivity contribution in [3.05, 3.63) is 47.1 Å². The normalized spacial score (nSPS) is 11.7. The number of aryl methyl sites for hydroxylation is 2. The number of aromatic nitrogens is 1. The zero-order valence-electron chi connectivity index (χ0n) is 10.5. The van der Waals surface area contributed by atoms with Crippen LogP contribution in [0, 0.1) is 19.7 Å². The standard InChI is InChI=1S/C12H13FN2O3S/c1-8-12(9(2)18-15-8)19(16,17)14-7-10-5-3-4-6-11(10)13/h3-6,14H,7H2,1-2H3. The fraction of sp³-hybridized carbons (Fsp3) is 0.250. The van der Waals surface area contributed by atoms with Gasteiger partial charge in [0.15, 0.2) is 5.76 Å². The minimum absolute atomic E-state index is 0.00355. The molecule has 0 saturated carbocycles. The van der Waals surface area contributed by atoms with Crippen LogP contribution in [-0.2, 0) is 16.6 Å². The molecule has 0 bridgehead atoms. The van der Waals surface area contributed by atoms with Crippen molar-refractivity contribution in [2.45, 2.75) is 25.3 Å². The van der Waals surface area contributed by atoms with E-state index >= 15 is 0 Å². The molecule has 1 aromatic carbocycles. The highest BCUT2D eigenvalue weighted by Crippen LogP contribution is 2.19. The molecule has 0 spiro atoms. The summed E-state index contributed by atoms with van der Waals surface area (Å²) in [5, 5.41) is 3.59. The first-order valence-electron chi connectivity index (χ1n) is 5.58. The van der Waals surface area contributed by atoms with Crippen LogP contribution in [0.5, 0.6) is 0 Å². The first-order valence-corrected chi connectivity index (χ1v) is 7.06. The van der Waals surface area contributed by atoms with Crippen molar-refractivity contribution < 1.29 is 17.3 Å². The number of sulfonamides is 1. The van der Waals surface area contributed by atoms with Gasteiger partial charge in [-0.3, -0.25) is 0 Å². The summed E-state index contributed by atoms with van der Waals surface area (Å²) in [4.78, 5) is 0.00355. The van der Waals surface area contributed by atoms with Gasteiger partial charge in [-0.2, -0.15) is 0 Å². The van der Waals surface area contributed by atoms with Crippen LogP contribution >= 0.6 is 0 Å². The first kappa shape index (κ1) is 13.7. The Hall–Kier alpha value is -1.73. The van der Waals surface area contributed by atoms with Crippen LogP contribution in [0.1, 0.15) is 17.0 Å². The number of halogens is 1. The van der Waals surface area contributed by atoms with E-state index in [1.807, 2.05) is 0 Å². The van der Waals surface area contributed by atoms with Gasteiger partial charge in [0.25, 0.3) is 0 Å². The van der Waals surface area contributed by atoms with Gasteiger partial charge in [-0.05, 0) is 19.9 Å². The van der Waals surface area contributed by atoms with Crippen molar-refractivity contribution in [1.29, 1.82) is 0 Å². The van der Waals surface area contributed by atoms with Crippen molar-refractivity contribution in [3.8, 4) is 0 Å². The maximum atomic E-state index is 13.4. The Morgan fingerprint density at radius 1 is 1.32 bits per heavy atom. The molecule has 0 aliphatic carbocycles. The molecule has 2 aromatic rings. The van der Waals surface area contributed by atoms with Crippen molar-refractivity contribution in [3.63, 3.8) is 0 Å². The van der Waals surface area contributed by atoms with E-state index < -0.39 is 15.8 Å². The minimum atomic E-state index is -3.77. The Kier molecular flexibility index (Phi) is 3.68. The highest BCUT2D eigenvalue weighted by molar-refractivity contribution is 7.89. The summed E-state index contributed by atoms with van der Waals surface area (Å²) in [5.41, 5.74) is 0.552. The maximum Gasteiger partial charge on any atom is 0.246 e. The highest BCUT2D eigenvalue weighted by atomic mass is 32.2. The van der Waals surface area contributed by atoms with Gasteiger partial charge >= 0.3 is 0 Å². The monoisotopic (exact) mass is 284 g/mol. The van der Waals surface area contributed by atoms with Gasteiger partial charge in [-0.1, -0.05) is 23.4 Å². The van der Waals surface area contributed by atoms with E-state index in [4.69, 9.17) is 4.52 Å². The van der Waals surface area contributed by atoms with E-state index in [1.165, 1.54) is 26.0 Å². The van der Waals surface area contributed by atoms with Crippen LogP contribution in [0.4, 0.5) is 4.39 Å². The lowest BCUT2D eigenvalue weighted by Crippen LogP contribution is -2.24. The molecular weight excluding hydrogens is 271 g/mol. The van der Waals surface area contributed by atoms with Gasteiger partial charge in [0.05, 0.1) is 0 Å². The van der Waals surface area contributed by atoms with E-state index in [2.05, 4.69) is 9.88 Å². The molecule has 0 unspecified atom stereocenters. The summed E-state index contributed by atoms with van der Waals surface area (Å²) >= 11 is 0. The summed E-state index contributed by atoms with van der Waals surface area (Å²) < 4.78 is 44.7. The van der Waals surface area contributed by atoms with Crippen LogP contribution in [0.25, 0.3) is 0 Å². The number of hydrogen-bond donors (Lipinski definition) is 1. The molecular formula is C12H13FN2O3S. The zero-order valence-corrected chi connectivity index (χ0v) is 11.3. The average molecular weight is 284 g/mol. The SMILES string of the molecule is Cc1noc(C)c1S(=O)(=O)NCc1ccccc1F. The van der Waals surface area contributed by atoms with Gasteiger partial charge < -0.3 is 4.52 Å². The topological polar surface area (TPSA) is 72.2 Å². The van der Waals surface area contributed by atoms with Gasteiger partial charge in [0.2, 0.25) is 10.0 Å². The van der Waals surface area contributed by atoms with Crippen molar-refractivity contribution in [2.24, 2.45) is 0 Å². The van der Waals surface area contributed by atoms with Gasteiger partial charge in [-0.25, -0.2) is 17.5 Å². The molecule has 2 rings (SSSR count). The molecule has 0 radical (unpaired) electrons. The largest absolute Gasteiger partial charge is 0.360 e. The van der Waals surface area contributed by atoms with Gasteiger partial charge in [0.1, 0.15) is 16.4 Å². The van der Waals surface area contributed by atoms with Crippen molar-refractivity contribution in [1.82, 2.24) is 9.88 Å². The summed E-state index contributed by atoms with van der Waals surface area (Å²) in [6, 6.07) is 5.98. The molecule has 1 aromatic heterocycles. The smallest absolute Gasteiger partial charge is 0.246 e. The Balaban J connectivity index is 2.22. The molecule has 102 valence electrons. The van der Waals surface area contributed by atoms with E-state index in [0.29, 0.717) is 0 Å². The number of nitrogens with zero attached hydrogens (tertiary/aromatic N) is 1. The van der Waals surface area contributed by atoms with Crippen LogP contribution in [0.3, 0.4) is 0 Å². The summed E-state index contributed by atoms with van der Waals surface area (Å²) in [5.74, 6) is -0.248. The van der Waals surface area contributed by atoms with E-state index in [9.17, 15) is 12.8 Å². The minimum Gasteiger partial charge on any atom is -0.360 e. The third-order valence-corrected chi connectivity index (χ3v) is 4.29. The predicted octanol–water partition coefficient (Wildman–Crippen LogP) is 1.91. The quantitative estimate of drug-likeness (QED) is 0.931. The summed E-state index contributed by atoms with van der Waals surface area (Å²) in [6.45, 7) is 2.92. The molecule has 0 amide bonds. The number of nitrogens with one attached hydrogen (secondary N) is 1. The fourth-order valence-electron chi connectivity index (χ4n) is 1.74. The third kappa shape index (κ3) is 2.82. The molecule has 19 heavy (non-hydrogen) atoms.